The summed E-state index contributed by atoms with van der Waals surface area (Å²) in [5, 5.41) is 12.4. The maximum Gasteiger partial charge on any atom is 0.267 e. The standard InChI is InChI=1S/C24H20N4O4S/c1-31-17-8-6-16(7-9-17)20-14-19(22-5-3-13-33-22)26-28(20)24(30)15-27-23(29)11-10-18(25-27)21-4-2-12-32-21/h2-13,20H,14-15H2,1H3. The molecule has 1 aliphatic rings. The second-order valence-corrected chi connectivity index (χ2v) is 8.39. The maximum absolute atomic E-state index is 13.4. The third-order valence-electron chi connectivity index (χ3n) is 5.40. The Balaban J connectivity index is 1.46. The Morgan fingerprint density at radius 3 is 2.70 bits per heavy atom. The van der Waals surface area contributed by atoms with E-state index in [2.05, 4.69) is 10.2 Å². The van der Waals surface area contributed by atoms with E-state index >= 15 is 0 Å². The fourth-order valence-corrected chi connectivity index (χ4v) is 4.46. The van der Waals surface area contributed by atoms with Crippen molar-refractivity contribution in [2.24, 2.45) is 5.10 Å². The van der Waals surface area contributed by atoms with E-state index in [0.29, 0.717) is 17.9 Å². The van der Waals surface area contributed by atoms with Gasteiger partial charge in [0.1, 0.15) is 18.0 Å². The molecule has 1 aromatic carbocycles. The molecule has 33 heavy (non-hydrogen) atoms. The summed E-state index contributed by atoms with van der Waals surface area (Å²) in [7, 11) is 1.61. The number of thiophene rings is 1. The van der Waals surface area contributed by atoms with Crippen LogP contribution in [-0.2, 0) is 11.3 Å². The SMILES string of the molecule is COc1ccc(C2CC(c3cccs3)=NN2C(=O)Cn2nc(-c3ccco3)ccc2=O)cc1. The van der Waals surface area contributed by atoms with Crippen molar-refractivity contribution in [3.05, 3.63) is 93.1 Å². The molecule has 4 aromatic rings. The highest BCUT2D eigenvalue weighted by atomic mass is 32.1. The number of rotatable bonds is 6. The minimum atomic E-state index is -0.374. The van der Waals surface area contributed by atoms with Gasteiger partial charge in [0.15, 0.2) is 5.76 Å². The molecular weight excluding hydrogens is 440 g/mol. The summed E-state index contributed by atoms with van der Waals surface area (Å²) in [4.78, 5) is 26.8. The molecule has 4 heterocycles. The maximum atomic E-state index is 13.4. The predicted octanol–water partition coefficient (Wildman–Crippen LogP) is 3.95. The molecule has 0 bridgehead atoms. The van der Waals surface area contributed by atoms with Gasteiger partial charge in [0, 0.05) is 12.5 Å². The molecule has 1 atom stereocenters. The number of ether oxygens (including phenoxy) is 1. The number of methoxy groups -OCH3 is 1. The van der Waals surface area contributed by atoms with Gasteiger partial charge in [-0.3, -0.25) is 9.59 Å². The first-order valence-electron chi connectivity index (χ1n) is 10.3. The summed E-state index contributed by atoms with van der Waals surface area (Å²) < 4.78 is 11.8. The molecule has 0 N–H and O–H groups in total. The second-order valence-electron chi connectivity index (χ2n) is 7.45. The van der Waals surface area contributed by atoms with Crippen molar-refractivity contribution in [1.29, 1.82) is 0 Å². The van der Waals surface area contributed by atoms with Crippen LogP contribution >= 0.6 is 11.3 Å². The summed E-state index contributed by atoms with van der Waals surface area (Å²) in [5.41, 5.74) is 1.87. The van der Waals surface area contributed by atoms with E-state index in [9.17, 15) is 9.59 Å². The molecular formula is C24H20N4O4S. The third-order valence-corrected chi connectivity index (χ3v) is 6.32. The highest BCUT2D eigenvalue weighted by molar-refractivity contribution is 7.12. The molecule has 9 heteroatoms. The lowest BCUT2D eigenvalue weighted by Gasteiger charge is -2.22. The second kappa shape index (κ2) is 8.87. The van der Waals surface area contributed by atoms with Crippen LogP contribution in [0.15, 0.2) is 86.6 Å². The van der Waals surface area contributed by atoms with Crippen molar-refractivity contribution in [1.82, 2.24) is 14.8 Å². The molecule has 0 fully saturated rings. The largest absolute Gasteiger partial charge is 0.497 e. The van der Waals surface area contributed by atoms with Crippen LogP contribution in [0.3, 0.4) is 0 Å². The van der Waals surface area contributed by atoms with Gasteiger partial charge in [-0.05, 0) is 47.3 Å². The number of hydrogen-bond acceptors (Lipinski definition) is 7. The van der Waals surface area contributed by atoms with Gasteiger partial charge in [-0.1, -0.05) is 18.2 Å². The molecule has 1 amide bonds. The number of furan rings is 1. The highest BCUT2D eigenvalue weighted by Gasteiger charge is 2.33. The van der Waals surface area contributed by atoms with Crippen LogP contribution in [0.2, 0.25) is 0 Å². The van der Waals surface area contributed by atoms with Gasteiger partial charge < -0.3 is 9.15 Å². The molecule has 5 rings (SSSR count). The van der Waals surface area contributed by atoms with E-state index in [4.69, 9.17) is 9.15 Å². The van der Waals surface area contributed by atoms with Gasteiger partial charge in [0.05, 0.1) is 30.0 Å². The number of benzene rings is 1. The number of amides is 1. The van der Waals surface area contributed by atoms with Gasteiger partial charge in [-0.25, -0.2) is 9.69 Å². The van der Waals surface area contributed by atoms with Crippen LogP contribution in [0.25, 0.3) is 11.5 Å². The van der Waals surface area contributed by atoms with Gasteiger partial charge in [-0.2, -0.15) is 10.2 Å². The first-order valence-corrected chi connectivity index (χ1v) is 11.2. The number of hydrazone groups is 1. The Bertz CT molecular complexity index is 1340. The van der Waals surface area contributed by atoms with Gasteiger partial charge in [0.2, 0.25) is 0 Å². The molecule has 3 aromatic heterocycles. The Morgan fingerprint density at radius 1 is 1.15 bits per heavy atom. The number of carbonyl (C=O) groups is 1. The summed E-state index contributed by atoms with van der Waals surface area (Å²) >= 11 is 1.58. The molecule has 1 aliphatic heterocycles. The van der Waals surface area contributed by atoms with Crippen LogP contribution in [0.5, 0.6) is 5.75 Å². The van der Waals surface area contributed by atoms with Crippen LogP contribution in [-0.4, -0.2) is 33.5 Å². The van der Waals surface area contributed by atoms with Crippen molar-refractivity contribution in [2.75, 3.05) is 7.11 Å². The Labute approximate surface area is 193 Å². The number of aromatic nitrogens is 2. The minimum absolute atomic E-state index is 0.235. The Hall–Kier alpha value is -3.98. The molecule has 8 nitrogen and oxygen atoms in total. The van der Waals surface area contributed by atoms with E-state index in [0.717, 1.165) is 26.6 Å². The monoisotopic (exact) mass is 460 g/mol. The first-order chi connectivity index (χ1) is 16.1. The number of hydrogen-bond donors (Lipinski definition) is 0. The average Bonchev–Trinajstić information content (AvgIpc) is 3.62. The molecule has 0 spiro atoms. The molecule has 166 valence electrons. The van der Waals surface area contributed by atoms with E-state index in [1.54, 1.807) is 36.6 Å². The minimum Gasteiger partial charge on any atom is -0.497 e. The summed E-state index contributed by atoms with van der Waals surface area (Å²) in [6, 6.07) is 17.7. The van der Waals surface area contributed by atoms with E-state index in [1.165, 1.54) is 17.3 Å². The van der Waals surface area contributed by atoms with Crippen molar-refractivity contribution in [3.63, 3.8) is 0 Å². The first kappa shape index (κ1) is 20.9. The van der Waals surface area contributed by atoms with Crippen LogP contribution in [0.1, 0.15) is 22.9 Å². The van der Waals surface area contributed by atoms with E-state index < -0.39 is 0 Å². The van der Waals surface area contributed by atoms with Crippen LogP contribution in [0.4, 0.5) is 0 Å². The fourth-order valence-electron chi connectivity index (χ4n) is 3.74. The lowest BCUT2D eigenvalue weighted by Crippen LogP contribution is -2.34. The van der Waals surface area contributed by atoms with Gasteiger partial charge in [0.25, 0.3) is 11.5 Å². The smallest absolute Gasteiger partial charge is 0.267 e. The average molecular weight is 461 g/mol. The zero-order valence-electron chi connectivity index (χ0n) is 17.7. The van der Waals surface area contributed by atoms with E-state index in [-0.39, 0.29) is 24.1 Å². The molecule has 0 radical (unpaired) electrons. The molecule has 1 unspecified atom stereocenters. The van der Waals surface area contributed by atoms with Gasteiger partial charge >= 0.3 is 0 Å². The van der Waals surface area contributed by atoms with Crippen molar-refractivity contribution in [2.45, 2.75) is 19.0 Å². The van der Waals surface area contributed by atoms with Crippen molar-refractivity contribution in [3.8, 4) is 17.2 Å². The highest BCUT2D eigenvalue weighted by Crippen LogP contribution is 2.34. The normalized spacial score (nSPS) is 15.5. The molecule has 0 saturated carbocycles. The summed E-state index contributed by atoms with van der Waals surface area (Å²) in [6.07, 6.45) is 2.11. The molecule has 0 aliphatic carbocycles. The number of nitrogens with zero attached hydrogens (tertiary/aromatic N) is 4. The predicted molar refractivity (Wildman–Crippen MR) is 124 cm³/mol. The Morgan fingerprint density at radius 2 is 2.00 bits per heavy atom. The van der Waals surface area contributed by atoms with Crippen LogP contribution in [0, 0.1) is 0 Å². The lowest BCUT2D eigenvalue weighted by molar-refractivity contribution is -0.133. The Kier molecular flexibility index (Phi) is 5.62. The zero-order chi connectivity index (χ0) is 22.8. The number of carbonyl (C=O) groups excluding carboxylic acids is 1. The quantitative estimate of drug-likeness (QED) is 0.435. The third kappa shape index (κ3) is 4.22. The lowest BCUT2D eigenvalue weighted by atomic mass is 10.0. The van der Waals surface area contributed by atoms with Crippen LogP contribution < -0.4 is 10.3 Å². The fraction of sp³-hybridized carbons (Fsp3) is 0.167. The summed E-state index contributed by atoms with van der Waals surface area (Å²) in [6.45, 7) is -0.235. The van der Waals surface area contributed by atoms with Gasteiger partial charge in [-0.15, -0.1) is 11.3 Å². The topological polar surface area (TPSA) is 89.9 Å². The van der Waals surface area contributed by atoms with E-state index in [1.807, 2.05) is 41.8 Å². The zero-order valence-corrected chi connectivity index (χ0v) is 18.6. The van der Waals surface area contributed by atoms with Crippen molar-refractivity contribution < 1.29 is 13.9 Å². The summed E-state index contributed by atoms with van der Waals surface area (Å²) in [5.74, 6) is 0.930. The van der Waals surface area contributed by atoms with Crippen molar-refractivity contribution >= 4 is 23.0 Å². The molecule has 0 saturated heterocycles.